The number of aliphatic carboxylic acids is 1. The number of carbonyl (C=O) groups excluding carboxylic acids is 1. The van der Waals surface area contributed by atoms with Gasteiger partial charge in [0.2, 0.25) is 0 Å². The summed E-state index contributed by atoms with van der Waals surface area (Å²) in [6.45, 7) is 1.71. The Hall–Kier alpha value is -2.25. The minimum atomic E-state index is -4.43. The molecule has 116 valence electrons. The van der Waals surface area contributed by atoms with Crippen molar-refractivity contribution < 1.29 is 27.9 Å². The van der Waals surface area contributed by atoms with Crippen LogP contribution in [0.1, 0.15) is 25.3 Å². The van der Waals surface area contributed by atoms with Crippen LogP contribution in [0.5, 0.6) is 0 Å². The van der Waals surface area contributed by atoms with Crippen molar-refractivity contribution in [1.82, 2.24) is 5.32 Å². The average Bonchev–Trinajstić information content (AvgIpc) is 2.36. The number of carboxylic acid groups (broad SMARTS) is 1. The predicted molar refractivity (Wildman–Crippen MR) is 69.9 cm³/mol. The number of hydrogen-bond donors (Lipinski definition) is 3. The highest BCUT2D eigenvalue weighted by Gasteiger charge is 2.30. The molecule has 0 heterocycles. The summed E-state index contributed by atoms with van der Waals surface area (Å²) in [5.41, 5.74) is -0.628. The number of carbonyl (C=O) groups is 2. The molecule has 0 aliphatic heterocycles. The number of nitrogens with one attached hydrogen (secondary N) is 2. The first-order valence-electron chi connectivity index (χ1n) is 6.19. The van der Waals surface area contributed by atoms with E-state index in [-0.39, 0.29) is 12.1 Å². The molecule has 1 atom stereocenters. The minimum Gasteiger partial charge on any atom is -0.481 e. The Morgan fingerprint density at radius 2 is 1.81 bits per heavy atom. The molecule has 1 unspecified atom stereocenters. The minimum absolute atomic E-state index is 0.186. The second-order valence-electron chi connectivity index (χ2n) is 4.38. The molecule has 0 aliphatic rings. The molecule has 3 N–H and O–H groups in total. The second-order valence-corrected chi connectivity index (χ2v) is 4.38. The zero-order valence-electron chi connectivity index (χ0n) is 11.2. The number of urea groups is 1. The molecular weight excluding hydrogens is 289 g/mol. The van der Waals surface area contributed by atoms with Gasteiger partial charge in [0, 0.05) is 11.7 Å². The van der Waals surface area contributed by atoms with Gasteiger partial charge in [0.15, 0.2) is 0 Å². The van der Waals surface area contributed by atoms with Crippen LogP contribution in [0.3, 0.4) is 0 Å². The predicted octanol–water partition coefficient (Wildman–Crippen LogP) is 3.08. The lowest BCUT2D eigenvalue weighted by atomic mass is 10.1. The second kappa shape index (κ2) is 6.96. The largest absolute Gasteiger partial charge is 0.481 e. The topological polar surface area (TPSA) is 78.4 Å². The monoisotopic (exact) mass is 304 g/mol. The van der Waals surface area contributed by atoms with Crippen LogP contribution < -0.4 is 10.6 Å². The average molecular weight is 304 g/mol. The fourth-order valence-corrected chi connectivity index (χ4v) is 1.60. The molecule has 0 saturated heterocycles. The van der Waals surface area contributed by atoms with E-state index in [2.05, 4.69) is 10.6 Å². The Kier molecular flexibility index (Phi) is 5.57. The number of amides is 2. The Balaban J connectivity index is 2.60. The maximum absolute atomic E-state index is 12.4. The molecule has 1 aromatic rings. The number of carboxylic acids is 1. The summed E-state index contributed by atoms with van der Waals surface area (Å²) in [6, 6.07) is 2.75. The SMILES string of the molecule is CCC(CC(=O)O)NC(=O)Nc1ccc(C(F)(F)F)cc1. The summed E-state index contributed by atoms with van der Waals surface area (Å²) in [6.07, 6.45) is -4.24. The highest BCUT2D eigenvalue weighted by Crippen LogP contribution is 2.29. The zero-order valence-corrected chi connectivity index (χ0v) is 11.2. The lowest BCUT2D eigenvalue weighted by molar-refractivity contribution is -0.138. The van der Waals surface area contributed by atoms with Crippen molar-refractivity contribution in [3.63, 3.8) is 0 Å². The van der Waals surface area contributed by atoms with E-state index in [4.69, 9.17) is 5.11 Å². The van der Waals surface area contributed by atoms with Crippen molar-refractivity contribution in [2.75, 3.05) is 5.32 Å². The molecule has 0 aromatic heterocycles. The lowest BCUT2D eigenvalue weighted by Gasteiger charge is -2.15. The number of hydrogen-bond acceptors (Lipinski definition) is 2. The maximum atomic E-state index is 12.4. The van der Waals surface area contributed by atoms with Crippen LogP contribution in [0.4, 0.5) is 23.7 Å². The van der Waals surface area contributed by atoms with Gasteiger partial charge in [-0.3, -0.25) is 4.79 Å². The summed E-state index contributed by atoms with van der Waals surface area (Å²) in [7, 11) is 0. The van der Waals surface area contributed by atoms with Crippen LogP contribution in [0.15, 0.2) is 24.3 Å². The van der Waals surface area contributed by atoms with Crippen molar-refractivity contribution in [3.8, 4) is 0 Å². The van der Waals surface area contributed by atoms with Gasteiger partial charge in [-0.25, -0.2) is 4.79 Å². The van der Waals surface area contributed by atoms with Crippen molar-refractivity contribution in [3.05, 3.63) is 29.8 Å². The summed E-state index contributed by atoms with van der Waals surface area (Å²) >= 11 is 0. The Labute approximate surface area is 119 Å². The van der Waals surface area contributed by atoms with Crippen molar-refractivity contribution in [2.45, 2.75) is 32.0 Å². The first kappa shape index (κ1) is 16.8. The molecule has 21 heavy (non-hydrogen) atoms. The van der Waals surface area contributed by atoms with Crippen molar-refractivity contribution >= 4 is 17.7 Å². The van der Waals surface area contributed by atoms with E-state index in [9.17, 15) is 22.8 Å². The molecule has 1 rings (SSSR count). The molecule has 0 saturated carbocycles. The van der Waals surface area contributed by atoms with E-state index in [1.165, 1.54) is 0 Å². The van der Waals surface area contributed by atoms with E-state index in [1.54, 1.807) is 6.92 Å². The van der Waals surface area contributed by atoms with Gasteiger partial charge in [0.1, 0.15) is 0 Å². The van der Waals surface area contributed by atoms with Gasteiger partial charge in [-0.2, -0.15) is 13.2 Å². The first-order valence-corrected chi connectivity index (χ1v) is 6.19. The quantitative estimate of drug-likeness (QED) is 0.782. The van der Waals surface area contributed by atoms with E-state index in [0.29, 0.717) is 6.42 Å². The molecule has 5 nitrogen and oxygen atoms in total. The molecule has 0 bridgehead atoms. The molecule has 0 spiro atoms. The van der Waals surface area contributed by atoms with Gasteiger partial charge in [0.25, 0.3) is 0 Å². The third kappa shape index (κ3) is 5.72. The Bertz CT molecular complexity index is 500. The third-order valence-electron chi connectivity index (χ3n) is 2.72. The number of alkyl halides is 3. The summed E-state index contributed by atoms with van der Waals surface area (Å²) in [4.78, 5) is 22.2. The summed E-state index contributed by atoms with van der Waals surface area (Å²) in [5, 5.41) is 13.4. The normalized spacial score (nSPS) is 12.6. The van der Waals surface area contributed by atoms with Crippen molar-refractivity contribution in [2.24, 2.45) is 0 Å². The van der Waals surface area contributed by atoms with Gasteiger partial charge in [-0.15, -0.1) is 0 Å². The summed E-state index contributed by atoms with van der Waals surface area (Å²) in [5.74, 6) is -1.04. The Morgan fingerprint density at radius 1 is 1.24 bits per heavy atom. The van der Waals surface area contributed by atoms with Crippen LogP contribution in [-0.2, 0) is 11.0 Å². The molecule has 1 aromatic carbocycles. The van der Waals surface area contributed by atoms with E-state index in [1.807, 2.05) is 0 Å². The van der Waals surface area contributed by atoms with Gasteiger partial charge >= 0.3 is 18.2 Å². The maximum Gasteiger partial charge on any atom is 0.416 e. The molecular formula is C13H15F3N2O3. The zero-order chi connectivity index (χ0) is 16.0. The number of halogens is 3. The summed E-state index contributed by atoms with van der Waals surface area (Å²) < 4.78 is 37.1. The molecule has 8 heteroatoms. The Morgan fingerprint density at radius 3 is 2.24 bits per heavy atom. The fraction of sp³-hybridized carbons (Fsp3) is 0.385. The molecule has 2 amide bonds. The smallest absolute Gasteiger partial charge is 0.416 e. The fourth-order valence-electron chi connectivity index (χ4n) is 1.60. The van der Waals surface area contributed by atoms with Crippen LogP contribution in [-0.4, -0.2) is 23.1 Å². The van der Waals surface area contributed by atoms with Gasteiger partial charge in [0.05, 0.1) is 12.0 Å². The molecule has 0 fully saturated rings. The third-order valence-corrected chi connectivity index (χ3v) is 2.72. The van der Waals surface area contributed by atoms with Crippen LogP contribution >= 0.6 is 0 Å². The van der Waals surface area contributed by atoms with Gasteiger partial charge in [-0.1, -0.05) is 6.92 Å². The van der Waals surface area contributed by atoms with E-state index < -0.39 is 29.8 Å². The van der Waals surface area contributed by atoms with Gasteiger partial charge < -0.3 is 15.7 Å². The highest BCUT2D eigenvalue weighted by atomic mass is 19.4. The molecule has 0 radical (unpaired) electrons. The first-order chi connectivity index (χ1) is 9.72. The number of anilines is 1. The number of benzene rings is 1. The van der Waals surface area contributed by atoms with E-state index >= 15 is 0 Å². The highest BCUT2D eigenvalue weighted by molar-refractivity contribution is 5.89. The number of rotatable bonds is 5. The molecule has 0 aliphatic carbocycles. The van der Waals surface area contributed by atoms with Crippen molar-refractivity contribution in [1.29, 1.82) is 0 Å². The standard InChI is InChI=1S/C13H15F3N2O3/c1-2-9(7-11(19)20)17-12(21)18-10-5-3-8(4-6-10)13(14,15)16/h3-6,9H,2,7H2,1H3,(H,19,20)(H2,17,18,21). The van der Waals surface area contributed by atoms with Crippen LogP contribution in [0.25, 0.3) is 0 Å². The lowest BCUT2D eigenvalue weighted by Crippen LogP contribution is -2.38. The van der Waals surface area contributed by atoms with E-state index in [0.717, 1.165) is 24.3 Å². The van der Waals surface area contributed by atoms with Crippen LogP contribution in [0, 0.1) is 0 Å². The van der Waals surface area contributed by atoms with Gasteiger partial charge in [-0.05, 0) is 30.7 Å². The van der Waals surface area contributed by atoms with Crippen LogP contribution in [0.2, 0.25) is 0 Å².